The minimum atomic E-state index is 0.0231. The van der Waals surface area contributed by atoms with Crippen molar-refractivity contribution in [3.63, 3.8) is 0 Å². The molecule has 1 unspecified atom stereocenters. The van der Waals surface area contributed by atoms with Crippen LogP contribution in [-0.2, 0) is 0 Å². The van der Waals surface area contributed by atoms with Crippen LogP contribution >= 0.6 is 0 Å². The van der Waals surface area contributed by atoms with E-state index in [4.69, 9.17) is 4.42 Å². The van der Waals surface area contributed by atoms with Gasteiger partial charge < -0.3 is 9.73 Å². The number of furan rings is 1. The molecule has 3 saturated heterocycles. The Kier molecular flexibility index (Phi) is 3.05. The Balaban J connectivity index is 1.58. The number of rotatable bonds is 2. The lowest BCUT2D eigenvalue weighted by atomic mass is 9.72. The summed E-state index contributed by atoms with van der Waals surface area (Å²) in [7, 11) is 0. The monoisotopic (exact) mass is 298 g/mol. The third-order valence-electron chi connectivity index (χ3n) is 5.59. The van der Waals surface area contributed by atoms with Crippen LogP contribution in [0, 0.1) is 5.92 Å². The highest BCUT2D eigenvalue weighted by Gasteiger charge is 2.48. The van der Waals surface area contributed by atoms with Crippen LogP contribution < -0.4 is 5.32 Å². The van der Waals surface area contributed by atoms with Gasteiger partial charge in [0.2, 0.25) is 0 Å². The number of nitrogens with zero attached hydrogens (tertiary/aromatic N) is 1. The molecule has 0 aliphatic carbocycles. The van der Waals surface area contributed by atoms with Gasteiger partial charge in [-0.25, -0.2) is 0 Å². The quantitative estimate of drug-likeness (QED) is 0.927. The van der Waals surface area contributed by atoms with Crippen molar-refractivity contribution in [1.82, 2.24) is 10.2 Å². The van der Waals surface area contributed by atoms with Crippen molar-refractivity contribution in [2.75, 3.05) is 13.1 Å². The van der Waals surface area contributed by atoms with Gasteiger partial charge in [-0.05, 0) is 70.0 Å². The van der Waals surface area contributed by atoms with Crippen LogP contribution in [0.15, 0.2) is 34.9 Å². The molecule has 4 heteroatoms. The second-order valence-electron chi connectivity index (χ2n) is 7.10. The molecule has 3 aliphatic rings. The minimum Gasteiger partial charge on any atom is -0.464 e. The first kappa shape index (κ1) is 13.8. The van der Waals surface area contributed by atoms with Gasteiger partial charge in [0.15, 0.2) is 0 Å². The van der Waals surface area contributed by atoms with Gasteiger partial charge in [-0.3, -0.25) is 9.69 Å². The number of piperidine rings is 3. The first-order chi connectivity index (χ1) is 10.6. The first-order valence-electron chi connectivity index (χ1n) is 8.09. The summed E-state index contributed by atoms with van der Waals surface area (Å²) in [6.07, 6.45) is 4.03. The molecule has 2 bridgehead atoms. The predicted octanol–water partition coefficient (Wildman–Crippen LogP) is 3.04. The van der Waals surface area contributed by atoms with Crippen LogP contribution in [0.2, 0.25) is 0 Å². The number of carbonyl (C=O) groups excluding carboxylic acids is 1. The molecule has 4 heterocycles. The SMILES string of the molecule is CC1(C)C(NC(=O)c2ccc3occc3c2)C2CCN1CC2. The number of amides is 1. The number of benzene rings is 1. The molecule has 4 nitrogen and oxygen atoms in total. The highest BCUT2D eigenvalue weighted by molar-refractivity contribution is 5.98. The van der Waals surface area contributed by atoms with E-state index in [1.54, 1.807) is 6.26 Å². The van der Waals surface area contributed by atoms with E-state index in [0.717, 1.165) is 24.1 Å². The van der Waals surface area contributed by atoms with E-state index >= 15 is 0 Å². The molecule has 0 saturated carbocycles. The third-order valence-corrected chi connectivity index (χ3v) is 5.59. The van der Waals surface area contributed by atoms with Gasteiger partial charge in [0.05, 0.1) is 6.26 Å². The Morgan fingerprint density at radius 1 is 1.27 bits per heavy atom. The summed E-state index contributed by atoms with van der Waals surface area (Å²) in [5.41, 5.74) is 1.57. The summed E-state index contributed by atoms with van der Waals surface area (Å²) in [6, 6.07) is 7.73. The second-order valence-corrected chi connectivity index (χ2v) is 7.10. The molecule has 22 heavy (non-hydrogen) atoms. The number of hydrogen-bond donors (Lipinski definition) is 1. The molecular weight excluding hydrogens is 276 g/mol. The third kappa shape index (κ3) is 2.05. The van der Waals surface area contributed by atoms with Crippen molar-refractivity contribution in [2.45, 2.75) is 38.3 Å². The molecule has 1 aromatic heterocycles. The van der Waals surface area contributed by atoms with E-state index < -0.39 is 0 Å². The molecule has 0 radical (unpaired) electrons. The van der Waals surface area contributed by atoms with Gasteiger partial charge in [-0.15, -0.1) is 0 Å². The molecular formula is C18H22N2O2. The van der Waals surface area contributed by atoms with Gasteiger partial charge in [-0.1, -0.05) is 0 Å². The first-order valence-corrected chi connectivity index (χ1v) is 8.09. The summed E-state index contributed by atoms with van der Waals surface area (Å²) < 4.78 is 5.34. The fourth-order valence-corrected chi connectivity index (χ4v) is 4.21. The van der Waals surface area contributed by atoms with E-state index in [2.05, 4.69) is 24.1 Å². The van der Waals surface area contributed by atoms with Crippen molar-refractivity contribution in [2.24, 2.45) is 5.92 Å². The van der Waals surface area contributed by atoms with E-state index in [1.807, 2.05) is 24.3 Å². The van der Waals surface area contributed by atoms with E-state index in [-0.39, 0.29) is 17.5 Å². The fourth-order valence-electron chi connectivity index (χ4n) is 4.21. The summed E-state index contributed by atoms with van der Waals surface area (Å²) >= 11 is 0. The number of carbonyl (C=O) groups is 1. The predicted molar refractivity (Wildman–Crippen MR) is 85.8 cm³/mol. The maximum atomic E-state index is 12.7. The van der Waals surface area contributed by atoms with Crippen LogP contribution in [0.1, 0.15) is 37.0 Å². The van der Waals surface area contributed by atoms with Gasteiger partial charge in [0.25, 0.3) is 5.91 Å². The van der Waals surface area contributed by atoms with Crippen LogP contribution in [-0.4, -0.2) is 35.5 Å². The molecule has 2 aromatic rings. The smallest absolute Gasteiger partial charge is 0.251 e. The maximum absolute atomic E-state index is 12.7. The topological polar surface area (TPSA) is 45.5 Å². The Morgan fingerprint density at radius 3 is 2.77 bits per heavy atom. The molecule has 1 aromatic carbocycles. The molecule has 3 fully saturated rings. The molecule has 1 amide bonds. The standard InChI is InChI=1S/C18H22N2O2/c1-18(2)16(12-5-8-20(18)9-6-12)19-17(21)14-3-4-15-13(11-14)7-10-22-15/h3-4,7,10-12,16H,5-6,8-9H2,1-2H3,(H,19,21). The molecule has 116 valence electrons. The van der Waals surface area contributed by atoms with E-state index in [1.165, 1.54) is 12.8 Å². The van der Waals surface area contributed by atoms with E-state index in [0.29, 0.717) is 11.5 Å². The zero-order valence-electron chi connectivity index (χ0n) is 13.1. The average molecular weight is 298 g/mol. The van der Waals surface area contributed by atoms with Crippen LogP contribution in [0.5, 0.6) is 0 Å². The average Bonchev–Trinajstić information content (AvgIpc) is 2.98. The Bertz CT molecular complexity index is 711. The molecule has 5 rings (SSSR count). The van der Waals surface area contributed by atoms with Gasteiger partial charge in [0, 0.05) is 22.5 Å². The molecule has 0 spiro atoms. The number of nitrogens with one attached hydrogen (secondary N) is 1. The van der Waals surface area contributed by atoms with Crippen molar-refractivity contribution in [1.29, 1.82) is 0 Å². The second kappa shape index (κ2) is 4.85. The largest absolute Gasteiger partial charge is 0.464 e. The van der Waals surface area contributed by atoms with Crippen molar-refractivity contribution in [3.05, 3.63) is 36.1 Å². The Hall–Kier alpha value is -1.81. The zero-order chi connectivity index (χ0) is 15.3. The Labute approximate surface area is 130 Å². The number of fused-ring (bicyclic) bond motifs is 4. The number of hydrogen-bond acceptors (Lipinski definition) is 3. The van der Waals surface area contributed by atoms with Crippen molar-refractivity contribution >= 4 is 16.9 Å². The Morgan fingerprint density at radius 2 is 2.05 bits per heavy atom. The van der Waals surface area contributed by atoms with Gasteiger partial charge >= 0.3 is 0 Å². The lowest BCUT2D eigenvalue weighted by Gasteiger charge is -2.56. The van der Waals surface area contributed by atoms with Crippen LogP contribution in [0.3, 0.4) is 0 Å². The summed E-state index contributed by atoms with van der Waals surface area (Å²) in [6.45, 7) is 6.82. The highest BCUT2D eigenvalue weighted by Crippen LogP contribution is 2.39. The summed E-state index contributed by atoms with van der Waals surface area (Å²) in [4.78, 5) is 15.2. The highest BCUT2D eigenvalue weighted by atomic mass is 16.3. The van der Waals surface area contributed by atoms with Crippen molar-refractivity contribution in [3.8, 4) is 0 Å². The van der Waals surface area contributed by atoms with Crippen LogP contribution in [0.25, 0.3) is 11.0 Å². The van der Waals surface area contributed by atoms with Crippen LogP contribution in [0.4, 0.5) is 0 Å². The normalized spacial score (nSPS) is 29.6. The van der Waals surface area contributed by atoms with E-state index in [9.17, 15) is 4.79 Å². The molecule has 1 N–H and O–H groups in total. The molecule has 3 aliphatic heterocycles. The minimum absolute atomic E-state index is 0.0231. The lowest BCUT2D eigenvalue weighted by Crippen LogP contribution is -2.69. The summed E-state index contributed by atoms with van der Waals surface area (Å²) in [5.74, 6) is 0.622. The van der Waals surface area contributed by atoms with Gasteiger partial charge in [0.1, 0.15) is 5.58 Å². The lowest BCUT2D eigenvalue weighted by molar-refractivity contribution is -0.0378. The zero-order valence-corrected chi connectivity index (χ0v) is 13.1. The van der Waals surface area contributed by atoms with Gasteiger partial charge in [-0.2, -0.15) is 0 Å². The maximum Gasteiger partial charge on any atom is 0.251 e. The van der Waals surface area contributed by atoms with Crippen molar-refractivity contribution < 1.29 is 9.21 Å². The fraction of sp³-hybridized carbons (Fsp3) is 0.500. The summed E-state index contributed by atoms with van der Waals surface area (Å²) in [5, 5.41) is 4.28. The molecule has 1 atom stereocenters.